The highest BCUT2D eigenvalue weighted by atomic mass is 16.6. The van der Waals surface area contributed by atoms with Crippen molar-refractivity contribution in [3.05, 3.63) is 30.1 Å². The number of aromatic amines is 1. The van der Waals surface area contributed by atoms with Gasteiger partial charge >= 0.3 is 6.09 Å². The molecule has 27 heavy (non-hydrogen) atoms. The molecule has 2 saturated carbocycles. The lowest BCUT2D eigenvalue weighted by Crippen LogP contribution is -2.46. The number of alkyl carbamates (subject to hydrolysis) is 1. The van der Waals surface area contributed by atoms with E-state index in [-0.39, 0.29) is 18.2 Å². The molecule has 2 aliphatic carbocycles. The van der Waals surface area contributed by atoms with Crippen molar-refractivity contribution in [1.82, 2.24) is 20.5 Å². The highest BCUT2D eigenvalue weighted by Gasteiger charge is 2.34. The third-order valence-electron chi connectivity index (χ3n) is 5.73. The predicted molar refractivity (Wildman–Crippen MR) is 98.1 cm³/mol. The van der Waals surface area contributed by atoms with E-state index >= 15 is 0 Å². The molecule has 4 heterocycles. The molecule has 6 rings (SSSR count). The Morgan fingerprint density at radius 2 is 2.07 bits per heavy atom. The van der Waals surface area contributed by atoms with Gasteiger partial charge in [0, 0.05) is 41.7 Å². The molecule has 142 valence electrons. The number of rotatable bonds is 0. The number of anilines is 2. The molecular formula is C19H23N5O3. The first-order valence-electron chi connectivity index (χ1n) is 9.59. The molecule has 2 aromatic rings. The smallest absolute Gasteiger partial charge is 0.407 e. The fourth-order valence-electron chi connectivity index (χ4n) is 4.20. The van der Waals surface area contributed by atoms with Crippen LogP contribution in [0.15, 0.2) is 24.4 Å². The summed E-state index contributed by atoms with van der Waals surface area (Å²) in [4.78, 5) is 16.4. The molecule has 2 aliphatic heterocycles. The Kier molecular flexibility index (Phi) is 4.10. The van der Waals surface area contributed by atoms with Crippen LogP contribution in [0.25, 0.3) is 0 Å². The summed E-state index contributed by atoms with van der Waals surface area (Å²) in [5.41, 5.74) is 1.96. The van der Waals surface area contributed by atoms with Crippen molar-refractivity contribution in [2.45, 2.75) is 50.2 Å². The van der Waals surface area contributed by atoms with Crippen molar-refractivity contribution >= 4 is 17.6 Å². The Balaban J connectivity index is 1.36. The molecule has 0 unspecified atom stereocenters. The quantitative estimate of drug-likeness (QED) is 0.660. The summed E-state index contributed by atoms with van der Waals surface area (Å²) < 4.78 is 11.4. The summed E-state index contributed by atoms with van der Waals surface area (Å²) in [6, 6.07) is 5.98. The Bertz CT molecular complexity index is 832. The molecule has 2 atom stereocenters. The van der Waals surface area contributed by atoms with Crippen molar-refractivity contribution in [3.8, 4) is 5.88 Å². The van der Waals surface area contributed by atoms with E-state index < -0.39 is 0 Å². The molecule has 1 amide bonds. The van der Waals surface area contributed by atoms with Gasteiger partial charge in [0.2, 0.25) is 5.88 Å². The van der Waals surface area contributed by atoms with Crippen LogP contribution in [0.3, 0.4) is 0 Å². The number of fused-ring (bicyclic) bond motifs is 3. The van der Waals surface area contributed by atoms with Crippen LogP contribution in [0.4, 0.5) is 16.3 Å². The molecule has 0 saturated heterocycles. The van der Waals surface area contributed by atoms with Gasteiger partial charge in [-0.1, -0.05) is 0 Å². The van der Waals surface area contributed by atoms with Crippen LogP contribution < -0.4 is 15.4 Å². The van der Waals surface area contributed by atoms with Crippen molar-refractivity contribution < 1.29 is 14.3 Å². The van der Waals surface area contributed by atoms with Gasteiger partial charge < -0.3 is 20.1 Å². The normalized spacial score (nSPS) is 29.9. The van der Waals surface area contributed by atoms with Crippen LogP contribution in [-0.2, 0) is 4.74 Å². The second-order valence-corrected chi connectivity index (χ2v) is 7.74. The monoisotopic (exact) mass is 369 g/mol. The number of nitrogens with one attached hydrogen (secondary N) is 3. The molecule has 3 N–H and O–H groups in total. The largest absolute Gasteiger partial charge is 0.477 e. The molecule has 4 aliphatic rings. The SMILES string of the molecule is O=C1NC2CC(COc3cc(ccn3)Nc3cc([nH]n3)[C@H]3CC[C@H](C3)O1)C2. The maximum absolute atomic E-state index is 12.1. The number of hydrogen-bond acceptors (Lipinski definition) is 6. The number of nitrogens with zero attached hydrogens (tertiary/aromatic N) is 2. The number of amides is 1. The highest BCUT2D eigenvalue weighted by molar-refractivity contribution is 5.68. The van der Waals surface area contributed by atoms with E-state index in [1.54, 1.807) is 6.20 Å². The molecule has 8 nitrogen and oxygen atoms in total. The third-order valence-corrected chi connectivity index (χ3v) is 5.73. The lowest BCUT2D eigenvalue weighted by atomic mass is 9.81. The summed E-state index contributed by atoms with van der Waals surface area (Å²) >= 11 is 0. The van der Waals surface area contributed by atoms with Gasteiger partial charge in [-0.05, 0) is 44.1 Å². The third kappa shape index (κ3) is 3.56. The van der Waals surface area contributed by atoms with Crippen LogP contribution in [-0.4, -0.2) is 40.0 Å². The van der Waals surface area contributed by atoms with Crippen LogP contribution >= 0.6 is 0 Å². The van der Waals surface area contributed by atoms with Crippen LogP contribution in [0.1, 0.15) is 43.7 Å². The molecule has 0 spiro atoms. The van der Waals surface area contributed by atoms with Gasteiger partial charge in [-0.3, -0.25) is 5.10 Å². The fourth-order valence-corrected chi connectivity index (χ4v) is 4.20. The van der Waals surface area contributed by atoms with Gasteiger partial charge in [-0.2, -0.15) is 5.10 Å². The van der Waals surface area contributed by atoms with E-state index in [2.05, 4.69) is 25.8 Å². The van der Waals surface area contributed by atoms with E-state index in [0.29, 0.717) is 24.3 Å². The fraction of sp³-hybridized carbons (Fsp3) is 0.526. The standard InChI is InChI=1S/C19H23N5O3/c25-19-22-14-5-11(6-14)10-26-18-8-13(3-4-20-18)21-17-9-16(23-24-17)12-1-2-15(7-12)27-19/h3-4,8-9,11-12,14-15H,1-2,5-7,10H2,(H,22,25)(H2,21,23,24)/t11?,12-,14?,15+/m0/s1. The number of hydrogen-bond donors (Lipinski definition) is 3. The number of carbonyl (C=O) groups is 1. The number of aromatic nitrogens is 3. The van der Waals surface area contributed by atoms with E-state index in [1.807, 2.05) is 18.2 Å². The summed E-state index contributed by atoms with van der Waals surface area (Å²) in [6.45, 7) is 0.598. The maximum Gasteiger partial charge on any atom is 0.407 e. The molecule has 0 aromatic carbocycles. The second-order valence-electron chi connectivity index (χ2n) is 7.74. The maximum atomic E-state index is 12.1. The number of carbonyl (C=O) groups excluding carboxylic acids is 1. The van der Waals surface area contributed by atoms with E-state index in [0.717, 1.165) is 49.3 Å². The molecule has 2 fully saturated rings. The highest BCUT2D eigenvalue weighted by Crippen LogP contribution is 2.36. The minimum atomic E-state index is -0.299. The van der Waals surface area contributed by atoms with Gasteiger partial charge in [-0.15, -0.1) is 0 Å². The average Bonchev–Trinajstić information content (AvgIpc) is 3.26. The van der Waals surface area contributed by atoms with Crippen molar-refractivity contribution in [1.29, 1.82) is 0 Å². The van der Waals surface area contributed by atoms with E-state index in [1.165, 1.54) is 0 Å². The zero-order valence-corrected chi connectivity index (χ0v) is 15.0. The molecule has 2 aromatic heterocycles. The zero-order chi connectivity index (χ0) is 18.2. The zero-order valence-electron chi connectivity index (χ0n) is 15.0. The van der Waals surface area contributed by atoms with Crippen molar-refractivity contribution in [2.24, 2.45) is 5.92 Å². The first-order chi connectivity index (χ1) is 13.2. The molecular weight excluding hydrogens is 346 g/mol. The predicted octanol–water partition coefficient (Wildman–Crippen LogP) is 3.08. The van der Waals surface area contributed by atoms with Crippen LogP contribution in [0.5, 0.6) is 5.88 Å². The lowest BCUT2D eigenvalue weighted by molar-refractivity contribution is 0.0813. The van der Waals surface area contributed by atoms with Gasteiger partial charge in [-0.25, -0.2) is 9.78 Å². The topological polar surface area (TPSA) is 101 Å². The minimum absolute atomic E-state index is 0.0319. The Morgan fingerprint density at radius 3 is 3.00 bits per heavy atom. The molecule has 8 bridgehead atoms. The lowest BCUT2D eigenvalue weighted by Gasteiger charge is -2.35. The Hall–Kier alpha value is -2.77. The van der Waals surface area contributed by atoms with Gasteiger partial charge in [0.05, 0.1) is 6.61 Å². The minimum Gasteiger partial charge on any atom is -0.477 e. The number of H-pyrrole nitrogens is 1. The Morgan fingerprint density at radius 1 is 1.15 bits per heavy atom. The second kappa shape index (κ2) is 6.75. The van der Waals surface area contributed by atoms with Gasteiger partial charge in [0.15, 0.2) is 5.82 Å². The average molecular weight is 369 g/mol. The summed E-state index contributed by atoms with van der Waals surface area (Å²) in [5, 5.41) is 13.7. The summed E-state index contributed by atoms with van der Waals surface area (Å²) in [6.07, 6.45) is 5.92. The van der Waals surface area contributed by atoms with Gasteiger partial charge in [0.1, 0.15) is 6.10 Å². The first kappa shape index (κ1) is 16.4. The van der Waals surface area contributed by atoms with Crippen LogP contribution in [0, 0.1) is 5.92 Å². The molecule has 0 radical (unpaired) electrons. The van der Waals surface area contributed by atoms with E-state index in [9.17, 15) is 4.79 Å². The van der Waals surface area contributed by atoms with E-state index in [4.69, 9.17) is 9.47 Å². The first-order valence-corrected chi connectivity index (χ1v) is 9.59. The number of ether oxygens (including phenoxy) is 2. The Labute approximate surface area is 157 Å². The van der Waals surface area contributed by atoms with Gasteiger partial charge in [0.25, 0.3) is 0 Å². The summed E-state index contributed by atoms with van der Waals surface area (Å²) in [7, 11) is 0. The molecule has 8 heteroatoms. The number of pyridine rings is 1. The summed E-state index contributed by atoms with van der Waals surface area (Å²) in [5.74, 6) is 2.10. The van der Waals surface area contributed by atoms with Crippen molar-refractivity contribution in [3.63, 3.8) is 0 Å². The van der Waals surface area contributed by atoms with Crippen LogP contribution in [0.2, 0.25) is 0 Å². The van der Waals surface area contributed by atoms with Crippen molar-refractivity contribution in [2.75, 3.05) is 11.9 Å².